The first kappa shape index (κ1) is 9.10. The van der Waals surface area contributed by atoms with Crippen LogP contribution in [-0.4, -0.2) is 48.1 Å². The van der Waals surface area contributed by atoms with E-state index in [9.17, 15) is 0 Å². The van der Waals surface area contributed by atoms with Crippen LogP contribution in [0, 0.1) is 0 Å². The van der Waals surface area contributed by atoms with Crippen molar-refractivity contribution in [2.45, 2.75) is 0 Å². The monoisotopic (exact) mass is 143 g/mol. The zero-order valence-corrected chi connectivity index (χ0v) is 7.00. The van der Waals surface area contributed by atoms with Crippen molar-refractivity contribution in [1.29, 1.82) is 0 Å². The Hall–Kier alpha value is -0.900. The number of aromatic nitrogens is 3. The average Bonchev–Trinajstić information content (AvgIpc) is 2.07. The van der Waals surface area contributed by atoms with Crippen molar-refractivity contribution >= 4 is 0 Å². The Balaban J connectivity index is 0.000000162. The van der Waals surface area contributed by atoms with E-state index in [1.165, 1.54) is 0 Å². The van der Waals surface area contributed by atoms with Gasteiger partial charge >= 0.3 is 0 Å². The summed E-state index contributed by atoms with van der Waals surface area (Å²) in [6, 6.07) is 0. The highest BCUT2D eigenvalue weighted by molar-refractivity contribution is 4.54. The Morgan fingerprint density at radius 3 is 1.40 bits per heavy atom. The number of nitrogens with zero attached hydrogens (tertiary/aromatic N) is 3. The summed E-state index contributed by atoms with van der Waals surface area (Å²) in [4.78, 5) is 0. The van der Waals surface area contributed by atoms with Crippen molar-refractivity contribution in [3.63, 3.8) is 0 Å². The summed E-state index contributed by atoms with van der Waals surface area (Å²) in [7, 11) is 8.50. The third kappa shape index (κ3) is 15.7. The topological polar surface area (TPSA) is 41.6 Å². The van der Waals surface area contributed by atoms with E-state index < -0.39 is 0 Å². The van der Waals surface area contributed by atoms with Crippen molar-refractivity contribution in [3.05, 3.63) is 12.4 Å². The predicted octanol–water partition coefficient (Wildman–Crippen LogP) is 0.127. The smallest absolute Gasteiger partial charge is 0.0690 e. The Kier molecular flexibility index (Phi) is 3.64. The van der Waals surface area contributed by atoms with Crippen molar-refractivity contribution < 1.29 is 4.48 Å². The molecule has 1 rings (SSSR count). The van der Waals surface area contributed by atoms with Crippen LogP contribution in [0.15, 0.2) is 12.4 Å². The van der Waals surface area contributed by atoms with E-state index in [4.69, 9.17) is 0 Å². The van der Waals surface area contributed by atoms with Crippen molar-refractivity contribution in [2.75, 3.05) is 28.2 Å². The van der Waals surface area contributed by atoms with E-state index in [0.717, 1.165) is 4.48 Å². The normalized spacial score (nSPS) is 10.0. The first-order valence-corrected chi connectivity index (χ1v) is 3.09. The molecule has 0 atom stereocenters. The van der Waals surface area contributed by atoms with Gasteiger partial charge in [-0.2, -0.15) is 15.4 Å². The number of nitrogens with one attached hydrogen (secondary N) is 1. The van der Waals surface area contributed by atoms with Gasteiger partial charge in [0.1, 0.15) is 0 Å². The molecule has 0 aliphatic rings. The lowest BCUT2D eigenvalue weighted by molar-refractivity contribution is -0.849. The second-order valence-electron chi connectivity index (χ2n) is 3.34. The summed E-state index contributed by atoms with van der Waals surface area (Å²) in [6.07, 6.45) is 3.17. The lowest BCUT2D eigenvalue weighted by Gasteiger charge is -2.14. The maximum atomic E-state index is 3.49. The molecule has 0 amide bonds. The van der Waals surface area contributed by atoms with E-state index in [2.05, 4.69) is 43.6 Å². The summed E-state index contributed by atoms with van der Waals surface area (Å²) in [5.74, 6) is 0. The highest BCUT2D eigenvalue weighted by Crippen LogP contribution is 1.73. The lowest BCUT2D eigenvalue weighted by atomic mass is 10.8. The Morgan fingerprint density at radius 1 is 1.00 bits per heavy atom. The maximum absolute atomic E-state index is 3.49. The zero-order chi connectivity index (χ0) is 8.04. The van der Waals surface area contributed by atoms with E-state index in [1.54, 1.807) is 12.4 Å². The van der Waals surface area contributed by atoms with Gasteiger partial charge in [-0.3, -0.25) is 0 Å². The summed E-state index contributed by atoms with van der Waals surface area (Å²) in [5.41, 5.74) is 0. The van der Waals surface area contributed by atoms with Gasteiger partial charge in [0.15, 0.2) is 0 Å². The van der Waals surface area contributed by atoms with Crippen molar-refractivity contribution in [1.82, 2.24) is 15.4 Å². The molecular formula is C6H15N4+. The average molecular weight is 143 g/mol. The number of hydrogen-bond acceptors (Lipinski definition) is 2. The quantitative estimate of drug-likeness (QED) is 0.524. The standard InChI is InChI=1S/C4H12N.C2H3N3/c1-5(2,3)4;1-2-4-5-3-1/h1-4H3;1-2H,(H,3,4,5)/q+1;. The Bertz CT molecular complexity index is 116. The predicted molar refractivity (Wildman–Crippen MR) is 40.3 cm³/mol. The molecule has 58 valence electrons. The van der Waals surface area contributed by atoms with E-state index in [-0.39, 0.29) is 0 Å². The van der Waals surface area contributed by atoms with Crippen molar-refractivity contribution in [2.24, 2.45) is 0 Å². The number of hydrogen-bond donors (Lipinski definition) is 1. The van der Waals surface area contributed by atoms with Crippen LogP contribution in [0.25, 0.3) is 0 Å². The fourth-order valence-corrected chi connectivity index (χ4v) is 0.167. The highest BCUT2D eigenvalue weighted by atomic mass is 15.3. The van der Waals surface area contributed by atoms with E-state index >= 15 is 0 Å². The van der Waals surface area contributed by atoms with Crippen LogP contribution < -0.4 is 0 Å². The van der Waals surface area contributed by atoms with Crippen LogP contribution in [0.2, 0.25) is 0 Å². The van der Waals surface area contributed by atoms with Crippen LogP contribution in [0.3, 0.4) is 0 Å². The van der Waals surface area contributed by atoms with Gasteiger partial charge in [-0.05, 0) is 0 Å². The molecule has 1 aromatic heterocycles. The number of quaternary nitrogens is 1. The number of rotatable bonds is 0. The highest BCUT2D eigenvalue weighted by Gasteiger charge is 1.88. The molecule has 0 radical (unpaired) electrons. The van der Waals surface area contributed by atoms with Crippen LogP contribution in [-0.2, 0) is 0 Å². The molecule has 0 aromatic carbocycles. The second-order valence-corrected chi connectivity index (χ2v) is 3.34. The molecule has 0 aliphatic heterocycles. The van der Waals surface area contributed by atoms with E-state index in [1.807, 2.05) is 0 Å². The van der Waals surface area contributed by atoms with Gasteiger partial charge in [0.05, 0.1) is 40.6 Å². The summed E-state index contributed by atoms with van der Waals surface area (Å²) in [6.45, 7) is 0. The van der Waals surface area contributed by atoms with Crippen LogP contribution in [0.5, 0.6) is 0 Å². The fourth-order valence-electron chi connectivity index (χ4n) is 0.167. The fraction of sp³-hybridized carbons (Fsp3) is 0.667. The van der Waals surface area contributed by atoms with Crippen LogP contribution in [0.1, 0.15) is 0 Å². The first-order valence-electron chi connectivity index (χ1n) is 3.09. The molecule has 4 nitrogen and oxygen atoms in total. The van der Waals surface area contributed by atoms with Gasteiger partial charge in [0, 0.05) is 0 Å². The molecule has 0 saturated heterocycles. The third-order valence-corrected chi connectivity index (χ3v) is 0.331. The number of H-pyrrole nitrogens is 1. The minimum Gasteiger partial charge on any atom is -0.333 e. The molecule has 0 fully saturated rings. The maximum Gasteiger partial charge on any atom is 0.0690 e. The minimum atomic E-state index is 1.00. The zero-order valence-electron chi connectivity index (χ0n) is 7.00. The van der Waals surface area contributed by atoms with Crippen LogP contribution in [0.4, 0.5) is 0 Å². The lowest BCUT2D eigenvalue weighted by Crippen LogP contribution is -2.27. The molecule has 0 aliphatic carbocycles. The molecule has 0 spiro atoms. The van der Waals surface area contributed by atoms with Crippen LogP contribution >= 0.6 is 0 Å². The minimum absolute atomic E-state index is 1.00. The summed E-state index contributed by atoms with van der Waals surface area (Å²) >= 11 is 0. The SMILES string of the molecule is C[N+](C)(C)C.c1cn[nH]n1. The first-order chi connectivity index (χ1) is 4.50. The summed E-state index contributed by atoms with van der Waals surface area (Å²) in [5, 5.41) is 9.33. The van der Waals surface area contributed by atoms with Crippen molar-refractivity contribution in [3.8, 4) is 0 Å². The third-order valence-electron chi connectivity index (χ3n) is 0.331. The number of aromatic amines is 1. The molecule has 1 heterocycles. The molecule has 0 unspecified atom stereocenters. The van der Waals surface area contributed by atoms with E-state index in [0.29, 0.717) is 0 Å². The molecule has 0 saturated carbocycles. The molecule has 4 heteroatoms. The molecule has 0 bridgehead atoms. The molecular weight excluding hydrogens is 128 g/mol. The molecule has 1 N–H and O–H groups in total. The Labute approximate surface area is 61.5 Å². The Morgan fingerprint density at radius 2 is 1.30 bits per heavy atom. The molecule has 1 aromatic rings. The van der Waals surface area contributed by atoms with Gasteiger partial charge < -0.3 is 4.48 Å². The van der Waals surface area contributed by atoms with Gasteiger partial charge in [-0.1, -0.05) is 0 Å². The molecule has 10 heavy (non-hydrogen) atoms. The summed E-state index contributed by atoms with van der Waals surface area (Å²) < 4.78 is 1.00. The largest absolute Gasteiger partial charge is 0.333 e. The second kappa shape index (κ2) is 4.00. The van der Waals surface area contributed by atoms with Gasteiger partial charge in [0.2, 0.25) is 0 Å². The van der Waals surface area contributed by atoms with Gasteiger partial charge in [-0.25, -0.2) is 0 Å². The van der Waals surface area contributed by atoms with Gasteiger partial charge in [0.25, 0.3) is 0 Å². The van der Waals surface area contributed by atoms with Gasteiger partial charge in [-0.15, -0.1) is 0 Å².